The van der Waals surface area contributed by atoms with Gasteiger partial charge in [0.15, 0.2) is 0 Å². The van der Waals surface area contributed by atoms with E-state index in [1.165, 1.54) is 24.0 Å². The van der Waals surface area contributed by atoms with E-state index in [2.05, 4.69) is 52.1 Å². The standard InChI is InChI=1S/C25H31N3O/c1-2-13-27-24(29)25(12-6-15-28(19-25)18-20-10-11-20)16-21-7-3-4-9-23(21)22-8-5-14-26-17-22/h2-5,7-9,14,17,20H,1,6,10-13,15-16,18-19H2,(H,27,29)/t25-/m1/s1. The van der Waals surface area contributed by atoms with E-state index in [4.69, 9.17) is 0 Å². The van der Waals surface area contributed by atoms with Crippen LogP contribution in [0.5, 0.6) is 0 Å². The summed E-state index contributed by atoms with van der Waals surface area (Å²) in [6.45, 7) is 7.38. The minimum Gasteiger partial charge on any atom is -0.352 e. The number of hydrogen-bond donors (Lipinski definition) is 1. The molecule has 4 heteroatoms. The molecule has 0 bridgehead atoms. The van der Waals surface area contributed by atoms with Gasteiger partial charge in [0.05, 0.1) is 5.41 Å². The van der Waals surface area contributed by atoms with Crippen molar-refractivity contribution in [3.05, 3.63) is 67.0 Å². The van der Waals surface area contributed by atoms with Crippen molar-refractivity contribution in [2.75, 3.05) is 26.2 Å². The van der Waals surface area contributed by atoms with Crippen LogP contribution in [0, 0.1) is 11.3 Å². The maximum absolute atomic E-state index is 13.4. The van der Waals surface area contributed by atoms with E-state index in [1.54, 1.807) is 12.3 Å². The van der Waals surface area contributed by atoms with E-state index in [1.807, 2.05) is 12.3 Å². The van der Waals surface area contributed by atoms with Gasteiger partial charge in [0.1, 0.15) is 0 Å². The van der Waals surface area contributed by atoms with Crippen LogP contribution in [0.3, 0.4) is 0 Å². The van der Waals surface area contributed by atoms with E-state index in [-0.39, 0.29) is 5.91 Å². The van der Waals surface area contributed by atoms with Crippen molar-refractivity contribution in [2.45, 2.75) is 32.1 Å². The number of aromatic nitrogens is 1. The Balaban J connectivity index is 1.64. The molecule has 4 nitrogen and oxygen atoms in total. The van der Waals surface area contributed by atoms with Crippen molar-refractivity contribution in [2.24, 2.45) is 11.3 Å². The van der Waals surface area contributed by atoms with Gasteiger partial charge in [-0.05, 0) is 61.8 Å². The van der Waals surface area contributed by atoms with Crippen molar-refractivity contribution in [3.8, 4) is 11.1 Å². The molecule has 152 valence electrons. The fourth-order valence-corrected chi connectivity index (χ4v) is 4.65. The second-order valence-electron chi connectivity index (χ2n) is 8.64. The highest BCUT2D eigenvalue weighted by Gasteiger charge is 2.43. The quantitative estimate of drug-likeness (QED) is 0.692. The van der Waals surface area contributed by atoms with Crippen LogP contribution in [0.4, 0.5) is 0 Å². The van der Waals surface area contributed by atoms with E-state index >= 15 is 0 Å². The Morgan fingerprint density at radius 2 is 2.14 bits per heavy atom. The molecule has 1 aromatic carbocycles. The summed E-state index contributed by atoms with van der Waals surface area (Å²) >= 11 is 0. The first-order chi connectivity index (χ1) is 14.2. The summed E-state index contributed by atoms with van der Waals surface area (Å²) in [5, 5.41) is 3.12. The normalized spacial score (nSPS) is 22.2. The second kappa shape index (κ2) is 8.91. The molecule has 1 aliphatic heterocycles. The Bertz CT molecular complexity index is 846. The number of carbonyl (C=O) groups excluding carboxylic acids is 1. The maximum Gasteiger partial charge on any atom is 0.228 e. The molecule has 1 aliphatic carbocycles. The smallest absolute Gasteiger partial charge is 0.228 e. The SMILES string of the molecule is C=CCNC(=O)[C@@]1(Cc2ccccc2-c2cccnc2)CCCN(CC2CC2)C1. The molecule has 1 saturated heterocycles. The minimum atomic E-state index is -0.394. The average Bonchev–Trinajstić information content (AvgIpc) is 3.57. The fourth-order valence-electron chi connectivity index (χ4n) is 4.65. The van der Waals surface area contributed by atoms with Crippen LogP contribution >= 0.6 is 0 Å². The van der Waals surface area contributed by atoms with Crippen LogP contribution in [0.2, 0.25) is 0 Å². The van der Waals surface area contributed by atoms with Gasteiger partial charge in [0, 0.05) is 37.6 Å². The molecule has 2 aliphatic rings. The Morgan fingerprint density at radius 3 is 2.90 bits per heavy atom. The predicted molar refractivity (Wildman–Crippen MR) is 117 cm³/mol. The van der Waals surface area contributed by atoms with Crippen molar-refractivity contribution in [1.29, 1.82) is 0 Å². The van der Waals surface area contributed by atoms with Gasteiger partial charge in [0.2, 0.25) is 5.91 Å². The minimum absolute atomic E-state index is 0.166. The van der Waals surface area contributed by atoms with Crippen molar-refractivity contribution in [1.82, 2.24) is 15.2 Å². The van der Waals surface area contributed by atoms with Gasteiger partial charge >= 0.3 is 0 Å². The third-order valence-corrected chi connectivity index (χ3v) is 6.28. The van der Waals surface area contributed by atoms with Gasteiger partial charge in [-0.15, -0.1) is 6.58 Å². The number of amides is 1. The monoisotopic (exact) mass is 389 g/mol. The molecule has 2 fully saturated rings. The van der Waals surface area contributed by atoms with Crippen LogP contribution in [-0.4, -0.2) is 42.0 Å². The van der Waals surface area contributed by atoms with Crippen molar-refractivity contribution >= 4 is 5.91 Å². The molecule has 4 rings (SSSR count). The van der Waals surface area contributed by atoms with Crippen molar-refractivity contribution in [3.63, 3.8) is 0 Å². The lowest BCUT2D eigenvalue weighted by molar-refractivity contribution is -0.134. The third-order valence-electron chi connectivity index (χ3n) is 6.28. The third kappa shape index (κ3) is 4.76. The summed E-state index contributed by atoms with van der Waals surface area (Å²) in [6.07, 6.45) is 10.9. The largest absolute Gasteiger partial charge is 0.352 e. The molecule has 1 atom stereocenters. The highest BCUT2D eigenvalue weighted by Crippen LogP contribution is 2.39. The van der Waals surface area contributed by atoms with Crippen LogP contribution in [0.1, 0.15) is 31.2 Å². The predicted octanol–water partition coefficient (Wildman–Crippen LogP) is 4.09. The summed E-state index contributed by atoms with van der Waals surface area (Å²) in [5.74, 6) is 1.00. The number of pyridine rings is 1. The topological polar surface area (TPSA) is 45.2 Å². The molecule has 2 heterocycles. The maximum atomic E-state index is 13.4. The molecule has 1 aromatic heterocycles. The molecular formula is C25H31N3O. The lowest BCUT2D eigenvalue weighted by Gasteiger charge is -2.42. The molecule has 0 unspecified atom stereocenters. The van der Waals surface area contributed by atoms with E-state index in [0.29, 0.717) is 6.54 Å². The second-order valence-corrected chi connectivity index (χ2v) is 8.64. The number of nitrogens with one attached hydrogen (secondary N) is 1. The summed E-state index contributed by atoms with van der Waals surface area (Å²) in [5.41, 5.74) is 3.11. The fraction of sp³-hybridized carbons (Fsp3) is 0.440. The molecule has 1 amide bonds. The van der Waals surface area contributed by atoms with Crippen LogP contribution in [-0.2, 0) is 11.2 Å². The Labute approximate surface area is 174 Å². The Morgan fingerprint density at radius 1 is 1.28 bits per heavy atom. The molecule has 0 radical (unpaired) electrons. The van der Waals surface area contributed by atoms with E-state index in [0.717, 1.165) is 50.4 Å². The highest BCUT2D eigenvalue weighted by atomic mass is 16.2. The number of likely N-dealkylation sites (tertiary alicyclic amines) is 1. The highest BCUT2D eigenvalue weighted by molar-refractivity contribution is 5.84. The number of nitrogens with zero attached hydrogens (tertiary/aromatic N) is 2. The summed E-state index contributed by atoms with van der Waals surface area (Å²) in [6, 6.07) is 12.5. The Hall–Kier alpha value is -2.46. The first-order valence-corrected chi connectivity index (χ1v) is 10.8. The zero-order valence-corrected chi connectivity index (χ0v) is 17.1. The Kier molecular flexibility index (Phi) is 6.10. The lowest BCUT2D eigenvalue weighted by atomic mass is 9.73. The van der Waals surface area contributed by atoms with Crippen LogP contribution < -0.4 is 5.32 Å². The van der Waals surface area contributed by atoms with E-state index < -0.39 is 5.41 Å². The molecular weight excluding hydrogens is 358 g/mol. The van der Waals surface area contributed by atoms with Gasteiger partial charge in [-0.1, -0.05) is 36.4 Å². The molecule has 29 heavy (non-hydrogen) atoms. The van der Waals surface area contributed by atoms with E-state index in [9.17, 15) is 4.79 Å². The average molecular weight is 390 g/mol. The zero-order valence-electron chi connectivity index (χ0n) is 17.1. The van der Waals surface area contributed by atoms with Crippen LogP contribution in [0.25, 0.3) is 11.1 Å². The first kappa shape index (κ1) is 19.8. The lowest BCUT2D eigenvalue weighted by Crippen LogP contribution is -2.53. The van der Waals surface area contributed by atoms with Gasteiger partial charge in [-0.25, -0.2) is 0 Å². The van der Waals surface area contributed by atoms with Gasteiger partial charge in [-0.2, -0.15) is 0 Å². The number of benzene rings is 1. The molecule has 1 saturated carbocycles. The number of piperidine rings is 1. The van der Waals surface area contributed by atoms with Crippen LogP contribution in [0.15, 0.2) is 61.4 Å². The number of hydrogen-bond acceptors (Lipinski definition) is 3. The number of rotatable bonds is 8. The summed E-state index contributed by atoms with van der Waals surface area (Å²) < 4.78 is 0. The summed E-state index contributed by atoms with van der Waals surface area (Å²) in [4.78, 5) is 20.2. The van der Waals surface area contributed by atoms with Gasteiger partial charge in [-0.3, -0.25) is 9.78 Å². The molecule has 2 aromatic rings. The molecule has 1 N–H and O–H groups in total. The molecule has 0 spiro atoms. The zero-order chi connectivity index (χ0) is 20.1. The van der Waals surface area contributed by atoms with Crippen molar-refractivity contribution < 1.29 is 4.79 Å². The van der Waals surface area contributed by atoms with Gasteiger partial charge < -0.3 is 10.2 Å². The number of carbonyl (C=O) groups is 1. The summed E-state index contributed by atoms with van der Waals surface area (Å²) in [7, 11) is 0. The van der Waals surface area contributed by atoms with Gasteiger partial charge in [0.25, 0.3) is 0 Å². The first-order valence-electron chi connectivity index (χ1n) is 10.8.